The third-order valence-electron chi connectivity index (χ3n) is 12.5. The second-order valence-corrected chi connectivity index (χ2v) is 18.4. The fraction of sp³-hybridized carbons (Fsp3) is 0.0690. The summed E-state index contributed by atoms with van der Waals surface area (Å²) in [6.45, 7) is 6.88. The van der Waals surface area contributed by atoms with Gasteiger partial charge in [-0.1, -0.05) is 134 Å². The van der Waals surface area contributed by atoms with Crippen molar-refractivity contribution < 1.29 is 8.83 Å². The lowest BCUT2D eigenvalue weighted by Gasteiger charge is -2.33. The van der Waals surface area contributed by atoms with Gasteiger partial charge < -0.3 is 23.2 Å². The Kier molecular flexibility index (Phi) is 8.82. The molecule has 308 valence electrons. The lowest BCUT2D eigenvalue weighted by atomic mass is 9.86. The molecule has 0 unspecified atom stereocenters. The summed E-state index contributed by atoms with van der Waals surface area (Å²) in [4.78, 5) is 4.81. The molecule has 0 saturated heterocycles. The number of furan rings is 2. The quantitative estimate of drug-likeness (QED) is 0.160. The van der Waals surface area contributed by atoms with Crippen molar-refractivity contribution in [1.29, 1.82) is 0 Å². The summed E-state index contributed by atoms with van der Waals surface area (Å²) in [5.41, 5.74) is 13.9. The molecule has 6 heteroatoms. The third kappa shape index (κ3) is 6.20. The fourth-order valence-electron chi connectivity index (χ4n) is 9.61. The van der Waals surface area contributed by atoms with Gasteiger partial charge >= 0.3 is 0 Å². The van der Waals surface area contributed by atoms with Crippen molar-refractivity contribution in [3.05, 3.63) is 210 Å². The molecule has 9 aromatic carbocycles. The van der Waals surface area contributed by atoms with Crippen LogP contribution in [-0.4, -0.2) is 4.57 Å². The molecule has 0 bridgehead atoms. The van der Waals surface area contributed by atoms with E-state index in [4.69, 9.17) is 8.83 Å². The molecule has 3 heterocycles. The van der Waals surface area contributed by atoms with Gasteiger partial charge in [-0.05, 0) is 114 Å². The van der Waals surface area contributed by atoms with Gasteiger partial charge in [-0.2, -0.15) is 0 Å². The zero-order valence-corrected chi connectivity index (χ0v) is 37.2. The molecule has 0 atom stereocenters. The maximum absolute atomic E-state index is 6.58. The largest absolute Gasteiger partial charge is 0.456 e. The van der Waals surface area contributed by atoms with E-state index in [1.54, 1.807) is 0 Å². The number of aromatic nitrogens is 1. The molecular formula is C58H42BrN3O2. The zero-order chi connectivity index (χ0) is 43.1. The molecule has 5 nitrogen and oxygen atoms in total. The van der Waals surface area contributed by atoms with E-state index in [0.717, 1.165) is 99.2 Å². The molecule has 0 fully saturated rings. The summed E-state index contributed by atoms with van der Waals surface area (Å²) in [6, 6.07) is 71.4. The molecule has 0 aliphatic heterocycles. The van der Waals surface area contributed by atoms with E-state index in [0.29, 0.717) is 0 Å². The van der Waals surface area contributed by atoms with E-state index in [9.17, 15) is 0 Å². The van der Waals surface area contributed by atoms with Gasteiger partial charge in [0.25, 0.3) is 0 Å². The Morgan fingerprint density at radius 1 is 0.406 bits per heavy atom. The van der Waals surface area contributed by atoms with Crippen molar-refractivity contribution in [3.8, 4) is 5.69 Å². The number of hydrogen-bond donors (Lipinski definition) is 0. The molecule has 64 heavy (non-hydrogen) atoms. The van der Waals surface area contributed by atoms with Crippen molar-refractivity contribution >= 4 is 116 Å². The highest BCUT2D eigenvalue weighted by Crippen LogP contribution is 2.49. The Labute approximate surface area is 379 Å². The molecule has 0 spiro atoms. The first kappa shape index (κ1) is 38.2. The molecule has 0 aliphatic carbocycles. The minimum Gasteiger partial charge on any atom is -0.456 e. The van der Waals surface area contributed by atoms with Gasteiger partial charge in [-0.25, -0.2) is 0 Å². The van der Waals surface area contributed by atoms with Gasteiger partial charge in [0.05, 0.1) is 33.2 Å². The van der Waals surface area contributed by atoms with E-state index in [1.165, 1.54) is 16.3 Å². The summed E-state index contributed by atoms with van der Waals surface area (Å²) in [5, 5.41) is 6.71. The van der Waals surface area contributed by atoms with Gasteiger partial charge in [0.15, 0.2) is 0 Å². The number of para-hydroxylation sites is 4. The highest BCUT2D eigenvalue weighted by Gasteiger charge is 2.27. The summed E-state index contributed by atoms with van der Waals surface area (Å²) in [5.74, 6) is 0. The maximum atomic E-state index is 6.58. The monoisotopic (exact) mass is 891 g/mol. The highest BCUT2D eigenvalue weighted by molar-refractivity contribution is 9.10. The maximum Gasteiger partial charge on any atom is 0.137 e. The zero-order valence-electron chi connectivity index (χ0n) is 35.6. The van der Waals surface area contributed by atoms with Crippen molar-refractivity contribution in [1.82, 2.24) is 4.57 Å². The van der Waals surface area contributed by atoms with Crippen LogP contribution >= 0.6 is 15.9 Å². The number of halogens is 1. The fourth-order valence-corrected chi connectivity index (χ4v) is 10.00. The summed E-state index contributed by atoms with van der Waals surface area (Å²) in [6.07, 6.45) is 0. The Hall–Kier alpha value is -7.54. The smallest absolute Gasteiger partial charge is 0.137 e. The molecule has 0 saturated carbocycles. The van der Waals surface area contributed by atoms with Crippen LogP contribution < -0.4 is 9.80 Å². The van der Waals surface area contributed by atoms with E-state index >= 15 is 0 Å². The SMILES string of the molecule is CC(C)(C)c1cc(N(c2cccc(Br)c2)c2cccc3oc4ccccc4c23)cc(N(c2cccc(-n3c4ccccc4c4ccccc43)c2)c2cccc3oc4ccccc4c23)c1. The van der Waals surface area contributed by atoms with Crippen LogP contribution in [0.25, 0.3) is 71.4 Å². The summed E-state index contributed by atoms with van der Waals surface area (Å²) < 4.78 is 16.5. The van der Waals surface area contributed by atoms with Gasteiger partial charge in [0, 0.05) is 54.5 Å². The third-order valence-corrected chi connectivity index (χ3v) is 13.0. The van der Waals surface area contributed by atoms with Crippen LogP contribution in [0.1, 0.15) is 26.3 Å². The van der Waals surface area contributed by atoms with Crippen LogP contribution in [0.2, 0.25) is 0 Å². The summed E-state index contributed by atoms with van der Waals surface area (Å²) >= 11 is 3.83. The minimum absolute atomic E-state index is 0.215. The number of fused-ring (bicyclic) bond motifs is 9. The number of anilines is 6. The lowest BCUT2D eigenvalue weighted by molar-refractivity contribution is 0.590. The van der Waals surface area contributed by atoms with Crippen molar-refractivity contribution in [2.45, 2.75) is 26.2 Å². The Morgan fingerprint density at radius 2 is 0.859 bits per heavy atom. The molecule has 12 rings (SSSR count). The standard InChI is InChI=1S/C58H42BrN3O2/c1-58(2,3)37-32-42(60(39-17-12-16-38(59)34-39)50-26-14-30-54-56(50)46-22-6-10-28-52(46)63-54)36-43(33-37)61(51-27-15-31-55-57(51)47-23-7-11-29-53(47)64-55)40-18-13-19-41(35-40)62-48-24-8-4-20-44(48)45-21-5-9-25-49(45)62/h4-36H,1-3H3. The molecule has 12 aromatic rings. The van der Waals surface area contributed by atoms with Crippen LogP contribution in [0.15, 0.2) is 213 Å². The average Bonchev–Trinajstić information content (AvgIpc) is 3.99. The van der Waals surface area contributed by atoms with Crippen LogP contribution in [0, 0.1) is 0 Å². The number of nitrogens with zero attached hydrogens (tertiary/aromatic N) is 3. The molecule has 0 amide bonds. The second kappa shape index (κ2) is 14.8. The average molecular weight is 893 g/mol. The molecule has 3 aromatic heterocycles. The van der Waals surface area contributed by atoms with E-state index in [-0.39, 0.29) is 5.41 Å². The second-order valence-electron chi connectivity index (χ2n) is 17.5. The number of hydrogen-bond acceptors (Lipinski definition) is 4. The van der Waals surface area contributed by atoms with Crippen molar-refractivity contribution in [2.24, 2.45) is 0 Å². The van der Waals surface area contributed by atoms with Crippen LogP contribution in [-0.2, 0) is 5.41 Å². The molecule has 0 radical (unpaired) electrons. The predicted molar refractivity (Wildman–Crippen MR) is 271 cm³/mol. The van der Waals surface area contributed by atoms with E-state index in [2.05, 4.69) is 233 Å². The van der Waals surface area contributed by atoms with Crippen molar-refractivity contribution in [2.75, 3.05) is 9.80 Å². The molecule has 0 N–H and O–H groups in total. The van der Waals surface area contributed by atoms with E-state index < -0.39 is 0 Å². The van der Waals surface area contributed by atoms with Gasteiger partial charge in [-0.3, -0.25) is 0 Å². The number of benzene rings is 9. The van der Waals surface area contributed by atoms with E-state index in [1.807, 2.05) is 18.2 Å². The van der Waals surface area contributed by atoms with Crippen LogP contribution in [0.5, 0.6) is 0 Å². The normalized spacial score (nSPS) is 12.1. The highest BCUT2D eigenvalue weighted by atomic mass is 79.9. The van der Waals surface area contributed by atoms with Crippen LogP contribution in [0.3, 0.4) is 0 Å². The number of rotatable bonds is 7. The summed E-state index contributed by atoms with van der Waals surface area (Å²) in [7, 11) is 0. The minimum atomic E-state index is -0.215. The van der Waals surface area contributed by atoms with Crippen LogP contribution in [0.4, 0.5) is 34.1 Å². The Morgan fingerprint density at radius 3 is 1.39 bits per heavy atom. The molecular weight excluding hydrogens is 851 g/mol. The first-order valence-corrected chi connectivity index (χ1v) is 22.5. The Bertz CT molecular complexity index is 3720. The lowest BCUT2D eigenvalue weighted by Crippen LogP contribution is -2.18. The van der Waals surface area contributed by atoms with Gasteiger partial charge in [0.1, 0.15) is 22.3 Å². The van der Waals surface area contributed by atoms with Gasteiger partial charge in [-0.15, -0.1) is 0 Å². The topological polar surface area (TPSA) is 37.7 Å². The Balaban J connectivity index is 1.16. The first-order valence-electron chi connectivity index (χ1n) is 21.7. The van der Waals surface area contributed by atoms with Crippen molar-refractivity contribution in [3.63, 3.8) is 0 Å². The first-order chi connectivity index (χ1) is 31.3. The molecule has 0 aliphatic rings. The predicted octanol–water partition coefficient (Wildman–Crippen LogP) is 17.6. The van der Waals surface area contributed by atoms with Gasteiger partial charge in [0.2, 0.25) is 0 Å².